The molecule has 0 amide bonds. The molecule has 7 heteroatoms. The smallest absolute Gasteiger partial charge is 0.261 e. The van der Waals surface area contributed by atoms with Crippen molar-refractivity contribution < 1.29 is 12.8 Å². The molecule has 0 aromatic heterocycles. The second kappa shape index (κ2) is 5.79. The van der Waals surface area contributed by atoms with E-state index in [0.29, 0.717) is 0 Å². The molecule has 21 heavy (non-hydrogen) atoms. The van der Waals surface area contributed by atoms with Crippen LogP contribution in [-0.4, -0.2) is 13.4 Å². The van der Waals surface area contributed by atoms with Gasteiger partial charge >= 0.3 is 0 Å². The van der Waals surface area contributed by atoms with Crippen molar-refractivity contribution in [3.05, 3.63) is 59.4 Å². The van der Waals surface area contributed by atoms with Crippen molar-refractivity contribution in [2.24, 2.45) is 5.73 Å². The largest absolute Gasteiger partial charge is 0.389 e. The summed E-state index contributed by atoms with van der Waals surface area (Å²) < 4.78 is 40.7. The Labute approximate surface area is 127 Å². The summed E-state index contributed by atoms with van der Waals surface area (Å²) in [6, 6.07) is 10.3. The highest BCUT2D eigenvalue weighted by molar-refractivity contribution is 7.92. The van der Waals surface area contributed by atoms with Crippen molar-refractivity contribution in [1.82, 2.24) is 0 Å². The summed E-state index contributed by atoms with van der Waals surface area (Å²) in [5.41, 5.74) is 6.15. The zero-order chi connectivity index (χ0) is 15.6. The maximum absolute atomic E-state index is 13.7. The van der Waals surface area contributed by atoms with Crippen molar-refractivity contribution >= 4 is 32.9 Å². The van der Waals surface area contributed by atoms with Crippen LogP contribution in [0.25, 0.3) is 0 Å². The van der Waals surface area contributed by atoms with E-state index in [1.807, 2.05) is 0 Å². The molecule has 0 aliphatic heterocycles. The Balaban J connectivity index is 2.47. The first-order valence-electron chi connectivity index (χ1n) is 5.99. The minimum absolute atomic E-state index is 0.0176. The highest BCUT2D eigenvalue weighted by Crippen LogP contribution is 2.23. The molecule has 0 fully saturated rings. The number of thiocarbonyl (C=S) groups is 1. The van der Waals surface area contributed by atoms with Crippen LogP contribution in [0.15, 0.2) is 47.4 Å². The normalized spacial score (nSPS) is 11.1. The first-order valence-corrected chi connectivity index (χ1v) is 7.88. The van der Waals surface area contributed by atoms with E-state index in [0.717, 1.165) is 5.56 Å². The lowest BCUT2D eigenvalue weighted by molar-refractivity contribution is 0.601. The Kier molecular flexibility index (Phi) is 4.24. The van der Waals surface area contributed by atoms with Gasteiger partial charge in [-0.05, 0) is 36.8 Å². The Hall–Kier alpha value is -1.99. The average molecular weight is 324 g/mol. The maximum atomic E-state index is 13.7. The second-order valence-electron chi connectivity index (χ2n) is 4.45. The Morgan fingerprint density at radius 2 is 1.90 bits per heavy atom. The monoisotopic (exact) mass is 324 g/mol. The van der Waals surface area contributed by atoms with Gasteiger partial charge in [-0.3, -0.25) is 4.72 Å². The fourth-order valence-corrected chi connectivity index (χ4v) is 3.23. The average Bonchev–Trinajstić information content (AvgIpc) is 2.37. The van der Waals surface area contributed by atoms with Gasteiger partial charge in [0.05, 0.1) is 16.1 Å². The summed E-state index contributed by atoms with van der Waals surface area (Å²) in [6.45, 7) is 1.78. The fourth-order valence-electron chi connectivity index (χ4n) is 1.85. The number of halogens is 1. The van der Waals surface area contributed by atoms with Gasteiger partial charge in [0.15, 0.2) is 0 Å². The lowest BCUT2D eigenvalue weighted by Gasteiger charge is -2.12. The van der Waals surface area contributed by atoms with Crippen LogP contribution in [0.2, 0.25) is 0 Å². The number of nitrogens with two attached hydrogens (primary N) is 1. The van der Waals surface area contributed by atoms with Crippen LogP contribution < -0.4 is 10.5 Å². The minimum Gasteiger partial charge on any atom is -0.389 e. The van der Waals surface area contributed by atoms with Crippen LogP contribution in [0, 0.1) is 12.7 Å². The van der Waals surface area contributed by atoms with Crippen molar-refractivity contribution in [3.8, 4) is 0 Å². The van der Waals surface area contributed by atoms with Gasteiger partial charge in [-0.1, -0.05) is 30.4 Å². The molecule has 0 aliphatic carbocycles. The molecule has 0 unspecified atom stereocenters. The molecule has 0 radical (unpaired) electrons. The Bertz CT molecular complexity index is 804. The summed E-state index contributed by atoms with van der Waals surface area (Å²) in [5, 5.41) is 0. The quantitative estimate of drug-likeness (QED) is 0.848. The lowest BCUT2D eigenvalue weighted by atomic mass is 10.2. The molecule has 0 saturated heterocycles. The van der Waals surface area contributed by atoms with Crippen molar-refractivity contribution in [1.29, 1.82) is 0 Å². The van der Waals surface area contributed by atoms with Gasteiger partial charge < -0.3 is 5.73 Å². The topological polar surface area (TPSA) is 72.2 Å². The van der Waals surface area contributed by atoms with Crippen LogP contribution in [0.5, 0.6) is 0 Å². The molecule has 0 heterocycles. The molecule has 3 N–H and O–H groups in total. The summed E-state index contributed by atoms with van der Waals surface area (Å²) >= 11 is 4.77. The highest BCUT2D eigenvalue weighted by atomic mass is 32.2. The van der Waals surface area contributed by atoms with Gasteiger partial charge in [0.1, 0.15) is 10.8 Å². The highest BCUT2D eigenvalue weighted by Gasteiger charge is 2.18. The predicted molar refractivity (Wildman–Crippen MR) is 84.3 cm³/mol. The molecule has 0 spiro atoms. The van der Waals surface area contributed by atoms with Crippen molar-refractivity contribution in [2.75, 3.05) is 4.72 Å². The van der Waals surface area contributed by atoms with E-state index in [1.165, 1.54) is 30.3 Å². The predicted octanol–water partition coefficient (Wildman–Crippen LogP) is 2.57. The molecule has 0 aliphatic rings. The van der Waals surface area contributed by atoms with E-state index >= 15 is 0 Å². The molecule has 0 atom stereocenters. The molecule has 0 saturated carbocycles. The van der Waals surface area contributed by atoms with Crippen LogP contribution >= 0.6 is 12.2 Å². The van der Waals surface area contributed by atoms with Crippen LogP contribution in [0.3, 0.4) is 0 Å². The number of sulfonamides is 1. The van der Waals surface area contributed by atoms with Gasteiger partial charge in [0.25, 0.3) is 10.0 Å². The molecule has 0 bridgehead atoms. The third-order valence-electron chi connectivity index (χ3n) is 2.80. The molecular weight excluding hydrogens is 311 g/mol. The molecule has 2 rings (SSSR count). The van der Waals surface area contributed by atoms with E-state index in [1.54, 1.807) is 19.1 Å². The third-order valence-corrected chi connectivity index (χ3v) is 4.37. The van der Waals surface area contributed by atoms with Gasteiger partial charge in [0, 0.05) is 0 Å². The SMILES string of the molecule is Cc1cccc(S(=O)(=O)Nc2cccc(F)c2C(N)=S)c1. The Morgan fingerprint density at radius 3 is 2.52 bits per heavy atom. The van der Waals surface area contributed by atoms with E-state index in [-0.39, 0.29) is 21.1 Å². The number of rotatable bonds is 4. The standard InChI is InChI=1S/C14H13FN2O2S2/c1-9-4-2-5-10(8-9)21(18,19)17-12-7-3-6-11(15)13(12)14(16)20/h2-8,17H,1H3,(H2,16,20). The van der Waals surface area contributed by atoms with Crippen molar-refractivity contribution in [2.45, 2.75) is 11.8 Å². The summed E-state index contributed by atoms with van der Waals surface area (Å²) in [7, 11) is -3.84. The number of anilines is 1. The molecule has 2 aromatic carbocycles. The second-order valence-corrected chi connectivity index (χ2v) is 6.57. The minimum atomic E-state index is -3.84. The Morgan fingerprint density at radius 1 is 1.24 bits per heavy atom. The van der Waals surface area contributed by atoms with E-state index < -0.39 is 15.8 Å². The van der Waals surface area contributed by atoms with Gasteiger partial charge in [0.2, 0.25) is 0 Å². The number of hydrogen-bond acceptors (Lipinski definition) is 3. The van der Waals surface area contributed by atoms with E-state index in [9.17, 15) is 12.8 Å². The summed E-state index contributed by atoms with van der Waals surface area (Å²) in [6.07, 6.45) is 0. The lowest BCUT2D eigenvalue weighted by Crippen LogP contribution is -2.19. The van der Waals surface area contributed by atoms with Crippen LogP contribution in [0.4, 0.5) is 10.1 Å². The molecule has 2 aromatic rings. The van der Waals surface area contributed by atoms with Gasteiger partial charge in [-0.15, -0.1) is 0 Å². The van der Waals surface area contributed by atoms with Crippen molar-refractivity contribution in [3.63, 3.8) is 0 Å². The van der Waals surface area contributed by atoms with Crippen LogP contribution in [0.1, 0.15) is 11.1 Å². The zero-order valence-electron chi connectivity index (χ0n) is 11.1. The fraction of sp³-hybridized carbons (Fsp3) is 0.0714. The number of nitrogens with one attached hydrogen (secondary N) is 1. The first-order chi connectivity index (χ1) is 9.81. The van der Waals surface area contributed by atoms with Gasteiger partial charge in [-0.2, -0.15) is 0 Å². The maximum Gasteiger partial charge on any atom is 0.261 e. The summed E-state index contributed by atoms with van der Waals surface area (Å²) in [4.78, 5) is -0.129. The summed E-state index contributed by atoms with van der Waals surface area (Å²) in [5.74, 6) is -0.674. The molecule has 4 nitrogen and oxygen atoms in total. The first kappa shape index (κ1) is 15.4. The number of benzene rings is 2. The molecule has 110 valence electrons. The van der Waals surface area contributed by atoms with E-state index in [2.05, 4.69) is 4.72 Å². The zero-order valence-corrected chi connectivity index (χ0v) is 12.8. The van der Waals surface area contributed by atoms with Crippen LogP contribution in [-0.2, 0) is 10.0 Å². The number of hydrogen-bond donors (Lipinski definition) is 2. The van der Waals surface area contributed by atoms with E-state index in [4.69, 9.17) is 18.0 Å². The third kappa shape index (κ3) is 3.37. The number of aryl methyl sites for hydroxylation is 1. The van der Waals surface area contributed by atoms with Gasteiger partial charge in [-0.25, -0.2) is 12.8 Å². The molecular formula is C14H13FN2O2S2.